The average Bonchev–Trinajstić information content (AvgIpc) is 2.41. The van der Waals surface area contributed by atoms with Crippen molar-refractivity contribution in [1.82, 2.24) is 0 Å². The molecule has 0 aliphatic carbocycles. The minimum atomic E-state index is -0.430. The van der Waals surface area contributed by atoms with E-state index in [1.807, 2.05) is 25.1 Å². The van der Waals surface area contributed by atoms with Gasteiger partial charge in [-0.15, -0.1) is 0 Å². The van der Waals surface area contributed by atoms with E-state index in [0.717, 1.165) is 15.4 Å². The summed E-state index contributed by atoms with van der Waals surface area (Å²) < 4.78 is 0. The van der Waals surface area contributed by atoms with E-state index in [1.165, 1.54) is 23.9 Å². The molecule has 0 spiro atoms. The molecular weight excluding hydrogens is 260 g/mol. The fourth-order valence-electron chi connectivity index (χ4n) is 1.58. The highest BCUT2D eigenvalue weighted by Crippen LogP contribution is 2.31. The molecule has 0 fully saturated rings. The van der Waals surface area contributed by atoms with Crippen molar-refractivity contribution in [2.45, 2.75) is 16.7 Å². The molecule has 0 aromatic heterocycles. The van der Waals surface area contributed by atoms with E-state index in [2.05, 4.69) is 6.07 Å². The zero-order chi connectivity index (χ0) is 13.8. The van der Waals surface area contributed by atoms with Gasteiger partial charge in [0.15, 0.2) is 0 Å². The first-order chi connectivity index (χ1) is 9.10. The van der Waals surface area contributed by atoms with E-state index in [9.17, 15) is 10.1 Å². The van der Waals surface area contributed by atoms with E-state index >= 15 is 0 Å². The second kappa shape index (κ2) is 5.55. The molecule has 0 aliphatic rings. The third-order valence-electron chi connectivity index (χ3n) is 2.53. The van der Waals surface area contributed by atoms with Crippen LogP contribution in [0, 0.1) is 28.4 Å². The van der Waals surface area contributed by atoms with Crippen LogP contribution in [0.1, 0.15) is 11.1 Å². The second-order valence-electron chi connectivity index (χ2n) is 3.96. The maximum absolute atomic E-state index is 10.6. The molecular formula is C14H10N2O2S. The van der Waals surface area contributed by atoms with Gasteiger partial charge in [-0.1, -0.05) is 17.8 Å². The van der Waals surface area contributed by atoms with Gasteiger partial charge in [-0.05, 0) is 36.8 Å². The lowest BCUT2D eigenvalue weighted by atomic mass is 10.2. The smallest absolute Gasteiger partial charge is 0.258 e. The van der Waals surface area contributed by atoms with Gasteiger partial charge in [0, 0.05) is 21.9 Å². The Labute approximate surface area is 114 Å². The molecule has 2 aromatic rings. The van der Waals surface area contributed by atoms with Crippen molar-refractivity contribution < 1.29 is 4.92 Å². The molecule has 94 valence electrons. The van der Waals surface area contributed by atoms with E-state index in [0.29, 0.717) is 5.56 Å². The fraction of sp³-hybridized carbons (Fsp3) is 0.0714. The summed E-state index contributed by atoms with van der Waals surface area (Å²) in [5, 5.41) is 19.6. The van der Waals surface area contributed by atoms with Gasteiger partial charge in [0.1, 0.15) is 6.07 Å². The average molecular weight is 270 g/mol. The standard InChI is InChI=1S/C14H10N2O2S/c1-10-2-7-14(11(8-10)9-15)19-13-5-3-12(4-6-13)16(17)18/h2-8H,1H3. The van der Waals surface area contributed by atoms with Crippen molar-refractivity contribution in [1.29, 1.82) is 5.26 Å². The Morgan fingerprint density at radius 3 is 2.47 bits per heavy atom. The SMILES string of the molecule is Cc1ccc(Sc2ccc([N+](=O)[O-])cc2)c(C#N)c1. The van der Waals surface area contributed by atoms with Crippen LogP contribution in [0.3, 0.4) is 0 Å². The number of benzene rings is 2. The molecule has 0 atom stereocenters. The Bertz CT molecular complexity index is 660. The summed E-state index contributed by atoms with van der Waals surface area (Å²) in [6.07, 6.45) is 0. The van der Waals surface area contributed by atoms with Crippen molar-refractivity contribution in [3.63, 3.8) is 0 Å². The summed E-state index contributed by atoms with van der Waals surface area (Å²) in [5.41, 5.74) is 1.71. The molecule has 0 amide bonds. The first-order valence-corrected chi connectivity index (χ1v) is 6.35. The van der Waals surface area contributed by atoms with Crippen LogP contribution in [-0.4, -0.2) is 4.92 Å². The molecule has 0 bridgehead atoms. The Hall–Kier alpha value is -2.32. The summed E-state index contributed by atoms with van der Waals surface area (Å²) >= 11 is 1.42. The molecule has 0 saturated heterocycles. The summed E-state index contributed by atoms with van der Waals surface area (Å²) in [6, 6.07) is 14.1. The number of nitro groups is 1. The molecule has 0 heterocycles. The van der Waals surface area contributed by atoms with Crippen LogP contribution < -0.4 is 0 Å². The monoisotopic (exact) mass is 270 g/mol. The zero-order valence-corrected chi connectivity index (χ0v) is 11.0. The number of nitriles is 1. The lowest BCUT2D eigenvalue weighted by Gasteiger charge is -2.04. The Kier molecular flexibility index (Phi) is 3.83. The first-order valence-electron chi connectivity index (χ1n) is 5.53. The molecule has 2 aromatic carbocycles. The van der Waals surface area contributed by atoms with Crippen molar-refractivity contribution >= 4 is 17.4 Å². The lowest BCUT2D eigenvalue weighted by molar-refractivity contribution is -0.384. The maximum Gasteiger partial charge on any atom is 0.269 e. The molecule has 0 N–H and O–H groups in total. The topological polar surface area (TPSA) is 66.9 Å². The predicted molar refractivity (Wildman–Crippen MR) is 73.1 cm³/mol. The van der Waals surface area contributed by atoms with Gasteiger partial charge in [0.25, 0.3) is 5.69 Å². The molecule has 4 nitrogen and oxygen atoms in total. The molecule has 19 heavy (non-hydrogen) atoms. The molecule has 0 radical (unpaired) electrons. The third-order valence-corrected chi connectivity index (χ3v) is 3.61. The van der Waals surface area contributed by atoms with Crippen molar-refractivity contribution in [2.24, 2.45) is 0 Å². The summed E-state index contributed by atoms with van der Waals surface area (Å²) in [6.45, 7) is 1.93. The molecule has 2 rings (SSSR count). The van der Waals surface area contributed by atoms with Crippen LogP contribution in [0.5, 0.6) is 0 Å². The van der Waals surface area contributed by atoms with Gasteiger partial charge in [0.2, 0.25) is 0 Å². The number of rotatable bonds is 3. The van der Waals surface area contributed by atoms with E-state index in [4.69, 9.17) is 5.26 Å². The highest BCUT2D eigenvalue weighted by Gasteiger charge is 2.07. The van der Waals surface area contributed by atoms with Gasteiger partial charge in [-0.3, -0.25) is 10.1 Å². The fourth-order valence-corrected chi connectivity index (χ4v) is 2.46. The second-order valence-corrected chi connectivity index (χ2v) is 5.08. The Morgan fingerprint density at radius 1 is 1.21 bits per heavy atom. The van der Waals surface area contributed by atoms with Crippen LogP contribution in [0.25, 0.3) is 0 Å². The van der Waals surface area contributed by atoms with Crippen molar-refractivity contribution in [2.75, 3.05) is 0 Å². The van der Waals surface area contributed by atoms with Crippen LogP contribution in [0.4, 0.5) is 5.69 Å². The molecule has 0 saturated carbocycles. The van der Waals surface area contributed by atoms with Crippen molar-refractivity contribution in [3.8, 4) is 6.07 Å². The van der Waals surface area contributed by atoms with E-state index in [1.54, 1.807) is 12.1 Å². The van der Waals surface area contributed by atoms with Gasteiger partial charge in [-0.2, -0.15) is 5.26 Å². The summed E-state index contributed by atoms with van der Waals surface area (Å²) in [5.74, 6) is 0. The number of nitrogens with zero attached hydrogens (tertiary/aromatic N) is 2. The number of hydrogen-bond acceptors (Lipinski definition) is 4. The summed E-state index contributed by atoms with van der Waals surface area (Å²) in [7, 11) is 0. The molecule has 0 aliphatic heterocycles. The van der Waals surface area contributed by atoms with Gasteiger partial charge in [0.05, 0.1) is 10.5 Å². The quantitative estimate of drug-likeness (QED) is 0.626. The van der Waals surface area contributed by atoms with Crippen LogP contribution in [0.2, 0.25) is 0 Å². The minimum absolute atomic E-state index is 0.0637. The maximum atomic E-state index is 10.6. The van der Waals surface area contributed by atoms with Crippen LogP contribution in [-0.2, 0) is 0 Å². The largest absolute Gasteiger partial charge is 0.269 e. The van der Waals surface area contributed by atoms with Crippen LogP contribution in [0.15, 0.2) is 52.3 Å². The molecule has 5 heteroatoms. The molecule has 0 unspecified atom stereocenters. The van der Waals surface area contributed by atoms with Gasteiger partial charge < -0.3 is 0 Å². The van der Waals surface area contributed by atoms with E-state index in [-0.39, 0.29) is 5.69 Å². The first kappa shape index (κ1) is 13.1. The van der Waals surface area contributed by atoms with Crippen molar-refractivity contribution in [3.05, 3.63) is 63.7 Å². The summed E-state index contributed by atoms with van der Waals surface area (Å²) in [4.78, 5) is 11.9. The number of hydrogen-bond donors (Lipinski definition) is 0. The van der Waals surface area contributed by atoms with E-state index < -0.39 is 4.92 Å². The highest BCUT2D eigenvalue weighted by molar-refractivity contribution is 7.99. The number of aryl methyl sites for hydroxylation is 1. The van der Waals surface area contributed by atoms with Gasteiger partial charge in [-0.25, -0.2) is 0 Å². The predicted octanol–water partition coefficient (Wildman–Crippen LogP) is 3.93. The Balaban J connectivity index is 2.26. The third kappa shape index (κ3) is 3.12. The minimum Gasteiger partial charge on any atom is -0.258 e. The highest BCUT2D eigenvalue weighted by atomic mass is 32.2. The number of non-ortho nitro benzene ring substituents is 1. The van der Waals surface area contributed by atoms with Crippen LogP contribution >= 0.6 is 11.8 Å². The normalized spacial score (nSPS) is 9.89. The Morgan fingerprint density at radius 2 is 1.89 bits per heavy atom. The number of nitro benzene ring substituents is 1. The zero-order valence-electron chi connectivity index (χ0n) is 10.2. The van der Waals surface area contributed by atoms with Gasteiger partial charge >= 0.3 is 0 Å². The lowest BCUT2D eigenvalue weighted by Crippen LogP contribution is -1.87.